The number of rotatable bonds is 1. The van der Waals surface area contributed by atoms with E-state index in [-0.39, 0.29) is 5.78 Å². The van der Waals surface area contributed by atoms with Gasteiger partial charge in [-0.3, -0.25) is 9.78 Å². The number of carbonyl (C=O) groups excluding carboxylic acids is 1. The van der Waals surface area contributed by atoms with E-state index in [0.717, 1.165) is 5.56 Å². The van der Waals surface area contributed by atoms with Gasteiger partial charge in [0.25, 0.3) is 0 Å². The molecule has 0 saturated heterocycles. The summed E-state index contributed by atoms with van der Waals surface area (Å²) < 4.78 is 0. The molecule has 2 aromatic rings. The van der Waals surface area contributed by atoms with Gasteiger partial charge >= 0.3 is 0 Å². The molecule has 0 atom stereocenters. The van der Waals surface area contributed by atoms with Crippen molar-refractivity contribution in [3.05, 3.63) is 64.9 Å². The smallest absolute Gasteiger partial charge is 0.236 e. The lowest BCUT2D eigenvalue weighted by atomic mass is 10.1. The largest absolute Gasteiger partial charge is 0.279 e. The number of aromatic nitrogens is 1. The first-order valence-electron chi connectivity index (χ1n) is 4.97. The van der Waals surface area contributed by atoms with Crippen LogP contribution in [0.5, 0.6) is 0 Å². The van der Waals surface area contributed by atoms with Crippen molar-refractivity contribution in [3.63, 3.8) is 0 Å². The van der Waals surface area contributed by atoms with E-state index in [0.29, 0.717) is 10.6 Å². The zero-order valence-corrected chi connectivity index (χ0v) is 9.61. The Bertz CT molecular complexity index is 579. The van der Waals surface area contributed by atoms with Gasteiger partial charge in [0.15, 0.2) is 0 Å². The molecule has 2 rings (SSSR count). The van der Waals surface area contributed by atoms with Crippen LogP contribution in [0.4, 0.5) is 0 Å². The van der Waals surface area contributed by atoms with E-state index in [1.54, 1.807) is 48.8 Å². The van der Waals surface area contributed by atoms with Gasteiger partial charge in [-0.1, -0.05) is 17.5 Å². The molecule has 1 aromatic heterocycles. The fraction of sp³-hybridized carbons (Fsp3) is 0. The Morgan fingerprint density at radius 1 is 1.18 bits per heavy atom. The van der Waals surface area contributed by atoms with Crippen molar-refractivity contribution in [1.82, 2.24) is 4.98 Å². The molecule has 0 aliphatic heterocycles. The second-order valence-electron chi connectivity index (χ2n) is 3.33. The summed E-state index contributed by atoms with van der Waals surface area (Å²) >= 11 is 5.73. The third-order valence-electron chi connectivity index (χ3n) is 2.09. The molecule has 0 unspecified atom stereocenters. The second kappa shape index (κ2) is 5.29. The van der Waals surface area contributed by atoms with E-state index in [2.05, 4.69) is 16.8 Å². The number of nitrogens with zero attached hydrogens (tertiary/aromatic N) is 1. The zero-order valence-electron chi connectivity index (χ0n) is 8.85. The number of carbonyl (C=O) groups is 1. The molecular formula is C14H8ClNO. The summed E-state index contributed by atoms with van der Waals surface area (Å²) in [5.41, 5.74) is 1.25. The van der Waals surface area contributed by atoms with Crippen molar-refractivity contribution >= 4 is 17.4 Å². The van der Waals surface area contributed by atoms with Crippen molar-refractivity contribution in [2.45, 2.75) is 0 Å². The van der Waals surface area contributed by atoms with Gasteiger partial charge in [0.2, 0.25) is 5.78 Å². The highest BCUT2D eigenvalue weighted by atomic mass is 35.5. The van der Waals surface area contributed by atoms with Crippen LogP contribution in [0.1, 0.15) is 15.9 Å². The summed E-state index contributed by atoms with van der Waals surface area (Å²) in [5.74, 6) is 5.09. The Balaban J connectivity index is 2.18. The maximum absolute atomic E-state index is 11.7. The third kappa shape index (κ3) is 3.17. The van der Waals surface area contributed by atoms with Crippen LogP contribution in [-0.4, -0.2) is 10.8 Å². The van der Waals surface area contributed by atoms with Crippen LogP contribution in [0, 0.1) is 11.8 Å². The normalized spacial score (nSPS) is 9.24. The predicted octanol–water partition coefficient (Wildman–Crippen LogP) is 2.97. The maximum Gasteiger partial charge on any atom is 0.236 e. The lowest BCUT2D eigenvalue weighted by molar-refractivity contribution is 0.105. The summed E-state index contributed by atoms with van der Waals surface area (Å²) in [7, 11) is 0. The molecule has 1 aromatic carbocycles. The van der Waals surface area contributed by atoms with Crippen LogP contribution < -0.4 is 0 Å². The molecule has 2 nitrogen and oxygen atoms in total. The number of hydrogen-bond donors (Lipinski definition) is 0. The van der Waals surface area contributed by atoms with Gasteiger partial charge in [0, 0.05) is 28.5 Å². The molecule has 0 fully saturated rings. The average Bonchev–Trinajstić information content (AvgIpc) is 2.38. The molecule has 82 valence electrons. The Hall–Kier alpha value is -2.11. The van der Waals surface area contributed by atoms with E-state index in [1.165, 1.54) is 0 Å². The fourth-order valence-electron chi connectivity index (χ4n) is 1.24. The highest BCUT2D eigenvalue weighted by Crippen LogP contribution is 2.09. The van der Waals surface area contributed by atoms with Gasteiger partial charge in [-0.15, -0.1) is 0 Å². The minimum Gasteiger partial charge on any atom is -0.279 e. The number of pyridine rings is 1. The number of hydrogen-bond acceptors (Lipinski definition) is 2. The van der Waals surface area contributed by atoms with Gasteiger partial charge in [0.1, 0.15) is 0 Å². The van der Waals surface area contributed by atoms with Crippen LogP contribution in [-0.2, 0) is 0 Å². The SMILES string of the molecule is O=C(C#Cc1cccnc1)c1ccc(Cl)cc1. The number of Topliss-reactive ketones (excluding diaryl/α,β-unsaturated/α-hetero) is 1. The van der Waals surface area contributed by atoms with E-state index < -0.39 is 0 Å². The summed E-state index contributed by atoms with van der Waals surface area (Å²) in [6.45, 7) is 0. The van der Waals surface area contributed by atoms with E-state index in [4.69, 9.17) is 11.6 Å². The van der Waals surface area contributed by atoms with Crippen molar-refractivity contribution in [3.8, 4) is 11.8 Å². The molecule has 0 radical (unpaired) electrons. The molecule has 0 saturated carbocycles. The fourth-order valence-corrected chi connectivity index (χ4v) is 1.37. The first-order valence-corrected chi connectivity index (χ1v) is 5.35. The highest BCUT2D eigenvalue weighted by molar-refractivity contribution is 6.30. The van der Waals surface area contributed by atoms with Gasteiger partial charge in [-0.05, 0) is 42.3 Å². The average molecular weight is 242 g/mol. The first-order chi connectivity index (χ1) is 8.25. The minimum atomic E-state index is -0.231. The van der Waals surface area contributed by atoms with Gasteiger partial charge in [0.05, 0.1) is 0 Å². The highest BCUT2D eigenvalue weighted by Gasteiger charge is 2.00. The monoisotopic (exact) mass is 241 g/mol. The number of ketones is 1. The molecule has 1 heterocycles. The van der Waals surface area contributed by atoms with Crippen LogP contribution in [0.3, 0.4) is 0 Å². The van der Waals surface area contributed by atoms with Gasteiger partial charge < -0.3 is 0 Å². The van der Waals surface area contributed by atoms with Crippen LogP contribution in [0.15, 0.2) is 48.8 Å². The number of benzene rings is 1. The minimum absolute atomic E-state index is 0.231. The molecule has 0 aliphatic rings. The van der Waals surface area contributed by atoms with Crippen LogP contribution in [0.25, 0.3) is 0 Å². The Labute approximate surface area is 104 Å². The van der Waals surface area contributed by atoms with E-state index in [1.807, 2.05) is 0 Å². The van der Waals surface area contributed by atoms with Crippen molar-refractivity contribution in [1.29, 1.82) is 0 Å². The van der Waals surface area contributed by atoms with Crippen molar-refractivity contribution in [2.24, 2.45) is 0 Å². The van der Waals surface area contributed by atoms with Crippen LogP contribution >= 0.6 is 11.6 Å². The molecule has 0 spiro atoms. The molecule has 0 N–H and O–H groups in total. The quantitative estimate of drug-likeness (QED) is 0.568. The second-order valence-corrected chi connectivity index (χ2v) is 3.76. The molecule has 0 bridgehead atoms. The van der Waals surface area contributed by atoms with Crippen molar-refractivity contribution < 1.29 is 4.79 Å². The lowest BCUT2D eigenvalue weighted by Gasteiger charge is -1.93. The summed E-state index contributed by atoms with van der Waals surface area (Å²) in [6.07, 6.45) is 3.27. The molecule has 3 heteroatoms. The van der Waals surface area contributed by atoms with Crippen LogP contribution in [0.2, 0.25) is 5.02 Å². The molecule has 0 amide bonds. The maximum atomic E-state index is 11.7. The third-order valence-corrected chi connectivity index (χ3v) is 2.34. The lowest BCUT2D eigenvalue weighted by Crippen LogP contribution is -1.94. The Kier molecular flexibility index (Phi) is 3.54. The molecule has 17 heavy (non-hydrogen) atoms. The molecule has 0 aliphatic carbocycles. The first kappa shape index (κ1) is 11.4. The number of halogens is 1. The summed E-state index contributed by atoms with van der Waals surface area (Å²) in [6, 6.07) is 10.2. The van der Waals surface area contributed by atoms with Gasteiger partial charge in [-0.2, -0.15) is 0 Å². The summed E-state index contributed by atoms with van der Waals surface area (Å²) in [4.78, 5) is 15.6. The topological polar surface area (TPSA) is 30.0 Å². The Morgan fingerprint density at radius 2 is 1.94 bits per heavy atom. The standard InChI is InChI=1S/C14H8ClNO/c15-13-6-4-12(5-7-13)14(17)8-3-11-2-1-9-16-10-11/h1-2,4-7,9-10H. The molecular weight excluding hydrogens is 234 g/mol. The van der Waals surface area contributed by atoms with Gasteiger partial charge in [-0.25, -0.2) is 0 Å². The van der Waals surface area contributed by atoms with E-state index in [9.17, 15) is 4.79 Å². The van der Waals surface area contributed by atoms with E-state index >= 15 is 0 Å². The summed E-state index contributed by atoms with van der Waals surface area (Å²) in [5, 5.41) is 0.599. The predicted molar refractivity (Wildman–Crippen MR) is 66.9 cm³/mol. The Morgan fingerprint density at radius 3 is 2.59 bits per heavy atom. The zero-order chi connectivity index (χ0) is 12.1. The van der Waals surface area contributed by atoms with Crippen molar-refractivity contribution in [2.75, 3.05) is 0 Å².